The lowest BCUT2D eigenvalue weighted by Crippen LogP contribution is -2.45. The van der Waals surface area contributed by atoms with E-state index in [0.717, 1.165) is 43.5 Å². The second-order valence-electron chi connectivity index (χ2n) is 4.52. The minimum Gasteiger partial charge on any atom is -0.338 e. The fraction of sp³-hybridized carbons (Fsp3) is 0.545. The highest BCUT2D eigenvalue weighted by molar-refractivity contribution is 5.46. The Morgan fingerprint density at radius 3 is 2.71 bits per heavy atom. The molecule has 1 aliphatic rings. The number of aryl methyl sites for hydroxylation is 1. The summed E-state index contributed by atoms with van der Waals surface area (Å²) in [6.07, 6.45) is 1.58. The van der Waals surface area contributed by atoms with Crippen LogP contribution in [-0.2, 0) is 0 Å². The quantitative estimate of drug-likeness (QED) is 0.702. The zero-order valence-corrected chi connectivity index (χ0v) is 10.2. The molecule has 0 atom stereocenters. The molecule has 0 aliphatic carbocycles. The fourth-order valence-corrected chi connectivity index (χ4v) is 2.14. The van der Waals surface area contributed by atoms with Crippen LogP contribution in [0.2, 0.25) is 0 Å². The molecule has 0 radical (unpaired) electrons. The van der Waals surface area contributed by atoms with Crippen molar-refractivity contribution in [2.45, 2.75) is 6.92 Å². The van der Waals surface area contributed by atoms with Gasteiger partial charge in [0.15, 0.2) is 5.65 Å². The summed E-state index contributed by atoms with van der Waals surface area (Å²) in [5.74, 6) is 0.908. The summed E-state index contributed by atoms with van der Waals surface area (Å²) >= 11 is 0. The predicted molar refractivity (Wildman–Crippen MR) is 65.2 cm³/mol. The second kappa shape index (κ2) is 3.96. The van der Waals surface area contributed by atoms with Gasteiger partial charge in [0.2, 0.25) is 5.95 Å². The summed E-state index contributed by atoms with van der Waals surface area (Å²) < 4.78 is 1.82. The Balaban J connectivity index is 2.01. The first kappa shape index (κ1) is 10.5. The first-order valence-electron chi connectivity index (χ1n) is 5.85. The summed E-state index contributed by atoms with van der Waals surface area (Å²) in [4.78, 5) is 13.4. The Hall–Kier alpha value is -1.69. The third kappa shape index (κ3) is 1.84. The number of anilines is 1. The van der Waals surface area contributed by atoms with Gasteiger partial charge in [-0.05, 0) is 14.0 Å². The monoisotopic (exact) mass is 232 g/mol. The topological polar surface area (TPSA) is 49.6 Å². The molecular weight excluding hydrogens is 216 g/mol. The normalized spacial score (nSPS) is 17.9. The van der Waals surface area contributed by atoms with Crippen LogP contribution in [0.25, 0.3) is 5.65 Å². The summed E-state index contributed by atoms with van der Waals surface area (Å²) in [6.45, 7) is 6.09. The molecule has 3 heterocycles. The lowest BCUT2D eigenvalue weighted by molar-refractivity contribution is 0.310. The Labute approximate surface area is 99.9 Å². The van der Waals surface area contributed by atoms with E-state index in [9.17, 15) is 0 Å². The minimum absolute atomic E-state index is 0.867. The van der Waals surface area contributed by atoms with Gasteiger partial charge >= 0.3 is 0 Å². The summed E-state index contributed by atoms with van der Waals surface area (Å²) in [6, 6.07) is 1.95. The van der Waals surface area contributed by atoms with E-state index in [1.54, 1.807) is 6.33 Å². The highest BCUT2D eigenvalue weighted by Crippen LogP contribution is 2.15. The molecule has 0 aromatic carbocycles. The molecule has 1 aliphatic heterocycles. The molecule has 0 spiro atoms. The Kier molecular flexibility index (Phi) is 2.44. The van der Waals surface area contributed by atoms with E-state index >= 15 is 0 Å². The van der Waals surface area contributed by atoms with E-state index < -0.39 is 0 Å². The van der Waals surface area contributed by atoms with E-state index in [4.69, 9.17) is 0 Å². The van der Waals surface area contributed by atoms with E-state index in [0.29, 0.717) is 0 Å². The van der Waals surface area contributed by atoms with Crippen LogP contribution >= 0.6 is 0 Å². The van der Waals surface area contributed by atoms with E-state index in [2.05, 4.69) is 31.9 Å². The van der Waals surface area contributed by atoms with Crippen LogP contribution < -0.4 is 4.90 Å². The average molecular weight is 232 g/mol. The number of hydrogen-bond donors (Lipinski definition) is 0. The van der Waals surface area contributed by atoms with E-state index in [-0.39, 0.29) is 0 Å². The zero-order chi connectivity index (χ0) is 11.8. The maximum Gasteiger partial charge on any atom is 0.228 e. The van der Waals surface area contributed by atoms with Crippen LogP contribution in [0, 0.1) is 6.92 Å². The third-order valence-electron chi connectivity index (χ3n) is 3.16. The van der Waals surface area contributed by atoms with Crippen molar-refractivity contribution >= 4 is 11.6 Å². The lowest BCUT2D eigenvalue weighted by Gasteiger charge is -2.33. The molecule has 3 rings (SSSR count). The number of likely N-dealkylation sites (N-methyl/N-ethyl adjacent to an activating group) is 1. The minimum atomic E-state index is 0.867. The highest BCUT2D eigenvalue weighted by atomic mass is 15.4. The van der Waals surface area contributed by atoms with Crippen LogP contribution in [0.15, 0.2) is 12.4 Å². The van der Waals surface area contributed by atoms with Gasteiger partial charge in [-0.15, -0.1) is 0 Å². The molecule has 0 unspecified atom stereocenters. The lowest BCUT2D eigenvalue weighted by atomic mass is 10.3. The molecule has 6 heteroatoms. The van der Waals surface area contributed by atoms with Crippen LogP contribution in [0.3, 0.4) is 0 Å². The second-order valence-corrected chi connectivity index (χ2v) is 4.52. The van der Waals surface area contributed by atoms with Gasteiger partial charge in [-0.1, -0.05) is 0 Å². The predicted octanol–water partition coefficient (Wildman–Crippen LogP) is 0.185. The number of fused-ring (bicyclic) bond motifs is 1. The average Bonchev–Trinajstić information content (AvgIpc) is 2.77. The molecule has 6 nitrogen and oxygen atoms in total. The Bertz CT molecular complexity index is 526. The van der Waals surface area contributed by atoms with Crippen molar-refractivity contribution in [3.8, 4) is 0 Å². The largest absolute Gasteiger partial charge is 0.338 e. The molecule has 2 aromatic heterocycles. The number of hydrogen-bond acceptors (Lipinski definition) is 5. The van der Waals surface area contributed by atoms with Gasteiger partial charge in [0.1, 0.15) is 6.33 Å². The number of rotatable bonds is 1. The van der Waals surface area contributed by atoms with Crippen molar-refractivity contribution in [2.24, 2.45) is 0 Å². The first-order valence-corrected chi connectivity index (χ1v) is 5.85. The van der Waals surface area contributed by atoms with Crippen molar-refractivity contribution in [3.63, 3.8) is 0 Å². The third-order valence-corrected chi connectivity index (χ3v) is 3.16. The summed E-state index contributed by atoms with van der Waals surface area (Å²) in [5.41, 5.74) is 1.85. The standard InChI is InChI=1S/C11H16N6/c1-9-7-10-12-8-13-17(10)11(14-9)16-5-3-15(2)4-6-16/h7-8H,3-6H2,1-2H3. The van der Waals surface area contributed by atoms with Gasteiger partial charge in [-0.2, -0.15) is 9.61 Å². The number of piperazine rings is 1. The molecule has 0 amide bonds. The molecular formula is C11H16N6. The SMILES string of the molecule is Cc1cc2ncnn2c(N2CCN(C)CC2)n1. The molecule has 17 heavy (non-hydrogen) atoms. The van der Waals surface area contributed by atoms with E-state index in [1.165, 1.54) is 0 Å². The Morgan fingerprint density at radius 2 is 1.94 bits per heavy atom. The molecule has 1 fully saturated rings. The molecule has 2 aromatic rings. The highest BCUT2D eigenvalue weighted by Gasteiger charge is 2.18. The maximum absolute atomic E-state index is 4.59. The van der Waals surface area contributed by atoms with Gasteiger partial charge < -0.3 is 9.80 Å². The molecule has 90 valence electrons. The van der Waals surface area contributed by atoms with Gasteiger partial charge in [-0.3, -0.25) is 0 Å². The van der Waals surface area contributed by atoms with Crippen molar-refractivity contribution in [2.75, 3.05) is 38.1 Å². The van der Waals surface area contributed by atoms with Crippen LogP contribution in [-0.4, -0.2) is 57.7 Å². The summed E-state index contributed by atoms with van der Waals surface area (Å²) in [5, 5.41) is 4.24. The molecule has 0 saturated carbocycles. The zero-order valence-electron chi connectivity index (χ0n) is 10.2. The molecule has 1 saturated heterocycles. The fourth-order valence-electron chi connectivity index (χ4n) is 2.14. The molecule has 0 N–H and O–H groups in total. The Morgan fingerprint density at radius 1 is 1.18 bits per heavy atom. The molecule has 0 bridgehead atoms. The van der Waals surface area contributed by atoms with Gasteiger partial charge in [0, 0.05) is 37.9 Å². The van der Waals surface area contributed by atoms with Gasteiger partial charge in [-0.25, -0.2) is 9.97 Å². The smallest absolute Gasteiger partial charge is 0.228 e. The van der Waals surface area contributed by atoms with Crippen LogP contribution in [0.4, 0.5) is 5.95 Å². The van der Waals surface area contributed by atoms with Gasteiger partial charge in [0.05, 0.1) is 0 Å². The summed E-state index contributed by atoms with van der Waals surface area (Å²) in [7, 11) is 2.14. The van der Waals surface area contributed by atoms with Crippen molar-refractivity contribution in [1.82, 2.24) is 24.5 Å². The number of aromatic nitrogens is 4. The van der Waals surface area contributed by atoms with Crippen molar-refractivity contribution in [1.29, 1.82) is 0 Å². The first-order chi connectivity index (χ1) is 8.24. The number of nitrogens with zero attached hydrogens (tertiary/aromatic N) is 6. The van der Waals surface area contributed by atoms with Crippen molar-refractivity contribution in [3.05, 3.63) is 18.1 Å². The van der Waals surface area contributed by atoms with Crippen LogP contribution in [0.1, 0.15) is 5.69 Å². The van der Waals surface area contributed by atoms with Crippen molar-refractivity contribution < 1.29 is 0 Å². The van der Waals surface area contributed by atoms with Crippen LogP contribution in [0.5, 0.6) is 0 Å². The van der Waals surface area contributed by atoms with E-state index in [1.807, 2.05) is 17.5 Å². The maximum atomic E-state index is 4.59. The van der Waals surface area contributed by atoms with Gasteiger partial charge in [0.25, 0.3) is 0 Å².